The number of fused-ring (bicyclic) bond motifs is 3. The highest BCUT2D eigenvalue weighted by Gasteiger charge is 2.53. The first-order valence-corrected chi connectivity index (χ1v) is 13.1. The average Bonchev–Trinajstić information content (AvgIpc) is 3.26. The zero-order valence-corrected chi connectivity index (χ0v) is 21.6. The molecule has 35 heavy (non-hydrogen) atoms. The summed E-state index contributed by atoms with van der Waals surface area (Å²) in [6.07, 6.45) is 9.28. The SMILES string of the molecule is CC(=O)OCc1c(B2OC(C)(C)C(C)(C)O2)cc(F)cc1N1CCC2C(SC3C=CC=CC32)C1=O. The maximum Gasteiger partial charge on any atom is 0.495 e. The Morgan fingerprint density at radius 2 is 1.89 bits per heavy atom. The van der Waals surface area contributed by atoms with Gasteiger partial charge in [0.1, 0.15) is 12.4 Å². The van der Waals surface area contributed by atoms with E-state index in [9.17, 15) is 9.59 Å². The van der Waals surface area contributed by atoms with E-state index in [2.05, 4.69) is 18.2 Å². The molecule has 6 nitrogen and oxygen atoms in total. The second-order valence-corrected chi connectivity index (χ2v) is 12.0. The highest BCUT2D eigenvalue weighted by Crippen LogP contribution is 2.50. The fraction of sp³-hybridized carbons (Fsp3) is 0.538. The van der Waals surface area contributed by atoms with Crippen LogP contribution in [0.15, 0.2) is 36.4 Å². The molecule has 0 aromatic heterocycles. The first-order valence-electron chi connectivity index (χ1n) is 12.1. The second-order valence-electron chi connectivity index (χ2n) is 10.7. The van der Waals surface area contributed by atoms with Gasteiger partial charge in [-0.3, -0.25) is 9.59 Å². The molecule has 9 heteroatoms. The van der Waals surface area contributed by atoms with Crippen molar-refractivity contribution in [1.29, 1.82) is 0 Å². The predicted molar refractivity (Wildman–Crippen MR) is 135 cm³/mol. The Labute approximate surface area is 210 Å². The van der Waals surface area contributed by atoms with Gasteiger partial charge in [-0.05, 0) is 63.5 Å². The molecule has 0 N–H and O–H groups in total. The van der Waals surface area contributed by atoms with E-state index in [0.717, 1.165) is 6.42 Å². The highest BCUT2D eigenvalue weighted by atomic mass is 32.2. The molecule has 1 amide bonds. The summed E-state index contributed by atoms with van der Waals surface area (Å²) in [5.74, 6) is -0.390. The van der Waals surface area contributed by atoms with Crippen LogP contribution in [-0.4, -0.2) is 47.2 Å². The number of piperidine rings is 1. The summed E-state index contributed by atoms with van der Waals surface area (Å²) in [7, 11) is -0.855. The number of nitrogens with zero attached hydrogens (tertiary/aromatic N) is 1. The Kier molecular flexibility index (Phi) is 6.17. The molecular weight excluding hydrogens is 468 g/mol. The zero-order valence-electron chi connectivity index (χ0n) is 20.7. The van der Waals surface area contributed by atoms with Crippen LogP contribution in [0.3, 0.4) is 0 Å². The summed E-state index contributed by atoms with van der Waals surface area (Å²) < 4.78 is 32.8. The normalized spacial score (nSPS) is 30.4. The molecule has 5 rings (SSSR count). The molecule has 0 spiro atoms. The van der Waals surface area contributed by atoms with Gasteiger partial charge < -0.3 is 18.9 Å². The molecular formula is C26H31BFNO5S. The fourth-order valence-corrected chi connectivity index (χ4v) is 7.12. The van der Waals surface area contributed by atoms with Crippen molar-refractivity contribution in [3.63, 3.8) is 0 Å². The van der Waals surface area contributed by atoms with E-state index >= 15 is 4.39 Å². The maximum atomic E-state index is 15.1. The van der Waals surface area contributed by atoms with Crippen molar-refractivity contribution >= 4 is 41.9 Å². The lowest BCUT2D eigenvalue weighted by atomic mass is 9.75. The number of hydrogen-bond donors (Lipinski definition) is 0. The molecule has 4 aliphatic rings. The van der Waals surface area contributed by atoms with Gasteiger partial charge in [-0.25, -0.2) is 4.39 Å². The van der Waals surface area contributed by atoms with Crippen LogP contribution in [0, 0.1) is 17.7 Å². The number of carbonyl (C=O) groups excluding carboxylic acids is 2. The summed E-state index contributed by atoms with van der Waals surface area (Å²) >= 11 is 1.68. The molecule has 0 bridgehead atoms. The van der Waals surface area contributed by atoms with Gasteiger partial charge in [0.05, 0.1) is 22.1 Å². The number of thioether (sulfide) groups is 1. The van der Waals surface area contributed by atoms with Crippen LogP contribution in [0.5, 0.6) is 0 Å². The van der Waals surface area contributed by atoms with Crippen LogP contribution in [-0.2, 0) is 30.2 Å². The van der Waals surface area contributed by atoms with Crippen LogP contribution >= 0.6 is 11.8 Å². The van der Waals surface area contributed by atoms with E-state index in [0.29, 0.717) is 29.2 Å². The van der Waals surface area contributed by atoms with Crippen molar-refractivity contribution in [3.05, 3.63) is 47.8 Å². The maximum absolute atomic E-state index is 15.1. The molecule has 0 saturated carbocycles. The van der Waals surface area contributed by atoms with Crippen LogP contribution < -0.4 is 10.4 Å². The molecule has 3 saturated heterocycles. The first-order chi connectivity index (χ1) is 16.5. The minimum absolute atomic E-state index is 0.0306. The number of ether oxygens (including phenoxy) is 1. The average molecular weight is 499 g/mol. The van der Waals surface area contributed by atoms with Gasteiger partial charge in [-0.15, -0.1) is 11.8 Å². The third kappa shape index (κ3) is 4.25. The zero-order chi connectivity index (χ0) is 25.1. The van der Waals surface area contributed by atoms with Gasteiger partial charge >= 0.3 is 13.1 Å². The van der Waals surface area contributed by atoms with Gasteiger partial charge in [0.2, 0.25) is 5.91 Å². The van der Waals surface area contributed by atoms with Crippen LogP contribution in [0.4, 0.5) is 10.1 Å². The minimum Gasteiger partial charge on any atom is -0.461 e. The van der Waals surface area contributed by atoms with Crippen molar-refractivity contribution < 1.29 is 28.0 Å². The molecule has 1 aromatic rings. The molecule has 3 fully saturated rings. The quantitative estimate of drug-likeness (QED) is 0.465. The van der Waals surface area contributed by atoms with Crippen molar-refractivity contribution in [3.8, 4) is 0 Å². The van der Waals surface area contributed by atoms with Gasteiger partial charge in [-0.1, -0.05) is 24.3 Å². The van der Waals surface area contributed by atoms with Gasteiger partial charge in [0.15, 0.2) is 0 Å². The van der Waals surface area contributed by atoms with Gasteiger partial charge in [-0.2, -0.15) is 0 Å². The van der Waals surface area contributed by atoms with Crippen LogP contribution in [0.1, 0.15) is 46.6 Å². The Bertz CT molecular complexity index is 1100. The minimum atomic E-state index is -0.855. The number of carbonyl (C=O) groups is 2. The summed E-state index contributed by atoms with van der Waals surface area (Å²) in [5.41, 5.74) is 0.130. The number of esters is 1. The second kappa shape index (κ2) is 8.78. The lowest BCUT2D eigenvalue weighted by molar-refractivity contribution is -0.142. The Morgan fingerprint density at radius 3 is 2.57 bits per heavy atom. The number of anilines is 1. The van der Waals surface area contributed by atoms with Crippen LogP contribution in [0.25, 0.3) is 0 Å². The topological polar surface area (TPSA) is 65.1 Å². The molecule has 0 radical (unpaired) electrons. The number of rotatable bonds is 4. The summed E-state index contributed by atoms with van der Waals surface area (Å²) in [4.78, 5) is 27.1. The molecule has 4 unspecified atom stereocenters. The van der Waals surface area contributed by atoms with E-state index in [1.165, 1.54) is 19.1 Å². The summed E-state index contributed by atoms with van der Waals surface area (Å²) in [5, 5.41) is 0.0866. The first kappa shape index (κ1) is 24.6. The Balaban J connectivity index is 1.52. The molecule has 1 aromatic carbocycles. The Hall–Kier alpha value is -2.10. The van der Waals surface area contributed by atoms with E-state index < -0.39 is 30.1 Å². The monoisotopic (exact) mass is 499 g/mol. The number of amides is 1. The van der Waals surface area contributed by atoms with E-state index in [4.69, 9.17) is 14.0 Å². The van der Waals surface area contributed by atoms with Gasteiger partial charge in [0.25, 0.3) is 0 Å². The van der Waals surface area contributed by atoms with Crippen molar-refractivity contribution in [2.24, 2.45) is 11.8 Å². The third-order valence-electron chi connectivity index (χ3n) is 7.95. The molecule has 186 valence electrons. The number of allylic oxidation sites excluding steroid dienone is 3. The lowest BCUT2D eigenvalue weighted by Gasteiger charge is -2.36. The highest BCUT2D eigenvalue weighted by molar-refractivity contribution is 8.01. The number of hydrogen-bond acceptors (Lipinski definition) is 6. The smallest absolute Gasteiger partial charge is 0.461 e. The van der Waals surface area contributed by atoms with Gasteiger partial charge in [0, 0.05) is 24.3 Å². The summed E-state index contributed by atoms with van der Waals surface area (Å²) in [6.45, 7) is 9.39. The van der Waals surface area contributed by atoms with Crippen LogP contribution in [0.2, 0.25) is 0 Å². The lowest BCUT2D eigenvalue weighted by Crippen LogP contribution is -2.48. The molecule has 3 aliphatic heterocycles. The Morgan fingerprint density at radius 1 is 1.20 bits per heavy atom. The summed E-state index contributed by atoms with van der Waals surface area (Å²) in [6, 6.07) is 2.72. The molecule has 3 heterocycles. The van der Waals surface area contributed by atoms with Crippen molar-refractivity contribution in [2.45, 2.75) is 69.3 Å². The van der Waals surface area contributed by atoms with E-state index in [1.807, 2.05) is 33.8 Å². The molecule has 4 atom stereocenters. The van der Waals surface area contributed by atoms with Crippen molar-refractivity contribution in [2.75, 3.05) is 11.4 Å². The fourth-order valence-electron chi connectivity index (χ4n) is 5.36. The van der Waals surface area contributed by atoms with E-state index in [-0.39, 0.29) is 28.9 Å². The predicted octanol–water partition coefficient (Wildman–Crippen LogP) is 3.77. The van der Waals surface area contributed by atoms with Crippen molar-refractivity contribution in [1.82, 2.24) is 0 Å². The standard InChI is InChI=1S/C26H31BFNO5S/c1-15(30)32-14-19-20(27-33-25(2,3)26(4,5)34-27)12-16(28)13-21(19)29-11-10-18-17-8-6-7-9-22(17)35-23(18)24(29)31/h6-9,12-13,17-18,22-23H,10-11,14H2,1-5H3. The van der Waals surface area contributed by atoms with E-state index in [1.54, 1.807) is 16.7 Å². The third-order valence-corrected chi connectivity index (χ3v) is 9.58. The number of benzene rings is 1. The molecule has 1 aliphatic carbocycles. The largest absolute Gasteiger partial charge is 0.495 e. The number of halogens is 1.